The van der Waals surface area contributed by atoms with Crippen LogP contribution in [0.3, 0.4) is 0 Å². The minimum Gasteiger partial charge on any atom is -0.392 e. The molecule has 1 unspecified atom stereocenters. The van der Waals surface area contributed by atoms with Crippen molar-refractivity contribution in [1.29, 1.82) is 0 Å². The lowest BCUT2D eigenvalue weighted by molar-refractivity contribution is 0.330. The van der Waals surface area contributed by atoms with Crippen LogP contribution in [0.25, 0.3) is 0 Å². The molecule has 21 heavy (non-hydrogen) atoms. The Morgan fingerprint density at radius 3 is 2.48 bits per heavy atom. The van der Waals surface area contributed by atoms with Crippen molar-refractivity contribution in [3.63, 3.8) is 0 Å². The summed E-state index contributed by atoms with van der Waals surface area (Å²) in [6.45, 7) is 0. The monoisotopic (exact) mass is 386 g/mol. The summed E-state index contributed by atoms with van der Waals surface area (Å²) in [4.78, 5) is 0.152. The molecule has 0 saturated heterocycles. The number of nitrogens with one attached hydrogen (secondary N) is 1. The van der Waals surface area contributed by atoms with E-state index in [-0.39, 0.29) is 20.1 Å². The fourth-order valence-corrected chi connectivity index (χ4v) is 6.35. The van der Waals surface area contributed by atoms with Crippen molar-refractivity contribution < 1.29 is 8.42 Å². The third-order valence-electron chi connectivity index (χ3n) is 3.62. The number of sulfonamides is 1. The van der Waals surface area contributed by atoms with Gasteiger partial charge in [-0.15, -0.1) is 11.3 Å². The Balaban J connectivity index is 2.23. The van der Waals surface area contributed by atoms with Gasteiger partial charge < -0.3 is 5.73 Å². The van der Waals surface area contributed by atoms with Crippen LogP contribution in [0.15, 0.2) is 11.0 Å². The highest BCUT2D eigenvalue weighted by Crippen LogP contribution is 2.35. The number of thiocarbonyl (C=S) groups is 1. The zero-order valence-corrected chi connectivity index (χ0v) is 15.1. The van der Waals surface area contributed by atoms with E-state index in [4.69, 9.17) is 41.2 Å². The van der Waals surface area contributed by atoms with Gasteiger partial charge in [0.15, 0.2) is 0 Å². The molecule has 0 radical (unpaired) electrons. The number of hydrogen-bond donors (Lipinski definition) is 2. The third kappa shape index (κ3) is 4.30. The minimum absolute atomic E-state index is 0.0174. The summed E-state index contributed by atoms with van der Waals surface area (Å²) < 4.78 is 28.0. The molecule has 1 aliphatic carbocycles. The molecule has 118 valence electrons. The van der Waals surface area contributed by atoms with Crippen LogP contribution in [0.2, 0.25) is 8.67 Å². The van der Waals surface area contributed by atoms with E-state index in [1.54, 1.807) is 0 Å². The Kier molecular flexibility index (Phi) is 5.90. The Bertz CT molecular complexity index is 624. The van der Waals surface area contributed by atoms with Gasteiger partial charge in [-0.25, -0.2) is 13.1 Å². The molecule has 0 aromatic carbocycles. The van der Waals surface area contributed by atoms with Gasteiger partial charge in [-0.05, 0) is 24.8 Å². The first-order valence-electron chi connectivity index (χ1n) is 6.58. The van der Waals surface area contributed by atoms with Crippen LogP contribution in [-0.4, -0.2) is 19.4 Å². The number of halogens is 2. The lowest BCUT2D eigenvalue weighted by atomic mass is 9.84. The summed E-state index contributed by atoms with van der Waals surface area (Å²) in [5, 5.41) is 0. The second kappa shape index (κ2) is 7.10. The zero-order chi connectivity index (χ0) is 15.6. The molecule has 9 heteroatoms. The Morgan fingerprint density at radius 1 is 1.38 bits per heavy atom. The van der Waals surface area contributed by atoms with Crippen molar-refractivity contribution in [2.45, 2.75) is 43.0 Å². The maximum atomic E-state index is 12.5. The average Bonchev–Trinajstić information content (AvgIpc) is 2.77. The summed E-state index contributed by atoms with van der Waals surface area (Å²) in [6.07, 6.45) is 5.14. The van der Waals surface area contributed by atoms with Crippen molar-refractivity contribution in [2.24, 2.45) is 11.7 Å². The highest BCUT2D eigenvalue weighted by Gasteiger charge is 2.31. The average molecular weight is 387 g/mol. The molecule has 1 heterocycles. The molecule has 1 aromatic heterocycles. The van der Waals surface area contributed by atoms with Crippen molar-refractivity contribution in [3.8, 4) is 0 Å². The summed E-state index contributed by atoms with van der Waals surface area (Å²) >= 11 is 17.8. The lowest BCUT2D eigenvalue weighted by Crippen LogP contribution is -2.48. The quantitative estimate of drug-likeness (QED) is 0.758. The van der Waals surface area contributed by atoms with E-state index in [0.29, 0.717) is 4.34 Å². The maximum absolute atomic E-state index is 12.5. The molecule has 2 rings (SSSR count). The van der Waals surface area contributed by atoms with Crippen LogP contribution in [0.4, 0.5) is 0 Å². The fraction of sp³-hybridized carbons (Fsp3) is 0.583. The van der Waals surface area contributed by atoms with Gasteiger partial charge in [0.2, 0.25) is 10.0 Å². The molecule has 0 bridgehead atoms. The largest absolute Gasteiger partial charge is 0.392 e. The molecule has 0 spiro atoms. The summed E-state index contributed by atoms with van der Waals surface area (Å²) in [5.41, 5.74) is 5.74. The topological polar surface area (TPSA) is 72.2 Å². The molecule has 3 N–H and O–H groups in total. The summed E-state index contributed by atoms with van der Waals surface area (Å²) in [7, 11) is -3.79. The van der Waals surface area contributed by atoms with Gasteiger partial charge in [0.1, 0.15) is 9.23 Å². The Hall–Kier alpha value is 0.0800. The molecule has 1 atom stereocenters. The molecule has 0 aliphatic heterocycles. The number of thiophene rings is 1. The minimum atomic E-state index is -3.79. The second-order valence-corrected chi connectivity index (χ2v) is 9.53. The number of rotatable bonds is 5. The van der Waals surface area contributed by atoms with E-state index in [2.05, 4.69) is 4.72 Å². The summed E-state index contributed by atoms with van der Waals surface area (Å²) in [5.74, 6) is 0.138. The first kappa shape index (κ1) is 17.4. The van der Waals surface area contributed by atoms with Gasteiger partial charge in [-0.1, -0.05) is 54.7 Å². The zero-order valence-electron chi connectivity index (χ0n) is 11.1. The predicted octanol–water partition coefficient (Wildman–Crippen LogP) is 3.57. The van der Waals surface area contributed by atoms with E-state index in [9.17, 15) is 8.42 Å². The SMILES string of the molecule is NC(=S)C(NS(=O)(=O)c1cc(Cl)sc1Cl)C1CCCCC1. The standard InChI is InChI=1S/C12H16Cl2N2O2S3/c13-9-6-8(11(14)20-9)21(17,18)16-10(12(15)19)7-4-2-1-3-5-7/h6-7,10,16H,1-5H2,(H2,15,19). The highest BCUT2D eigenvalue weighted by molar-refractivity contribution is 7.90. The van der Waals surface area contributed by atoms with Crippen molar-refractivity contribution in [1.82, 2.24) is 4.72 Å². The molecule has 1 aliphatic rings. The normalized spacial score (nSPS) is 18.6. The van der Waals surface area contributed by atoms with Gasteiger partial charge in [-0.3, -0.25) is 0 Å². The van der Waals surface area contributed by atoms with Crippen LogP contribution in [-0.2, 0) is 10.0 Å². The van der Waals surface area contributed by atoms with Crippen molar-refractivity contribution >= 4 is 61.8 Å². The molecule has 0 amide bonds. The van der Waals surface area contributed by atoms with E-state index in [1.165, 1.54) is 12.5 Å². The number of nitrogens with two attached hydrogens (primary N) is 1. The van der Waals surface area contributed by atoms with Crippen LogP contribution in [0, 0.1) is 5.92 Å². The smallest absolute Gasteiger partial charge is 0.243 e. The van der Waals surface area contributed by atoms with Crippen molar-refractivity contribution in [2.75, 3.05) is 0 Å². The van der Waals surface area contributed by atoms with Crippen LogP contribution >= 0.6 is 46.8 Å². The molecule has 1 saturated carbocycles. The van der Waals surface area contributed by atoms with E-state index < -0.39 is 16.1 Å². The summed E-state index contributed by atoms with van der Waals surface area (Å²) in [6, 6.07) is 0.800. The molecular formula is C12H16Cl2N2O2S3. The lowest BCUT2D eigenvalue weighted by Gasteiger charge is -2.29. The first-order chi connectivity index (χ1) is 9.81. The van der Waals surface area contributed by atoms with E-state index in [1.807, 2.05) is 0 Å². The highest BCUT2D eigenvalue weighted by atomic mass is 35.5. The van der Waals surface area contributed by atoms with Crippen molar-refractivity contribution in [3.05, 3.63) is 14.7 Å². The van der Waals surface area contributed by atoms with E-state index >= 15 is 0 Å². The maximum Gasteiger partial charge on any atom is 0.243 e. The van der Waals surface area contributed by atoms with Gasteiger partial charge >= 0.3 is 0 Å². The Morgan fingerprint density at radius 2 is 2.00 bits per heavy atom. The molecule has 4 nitrogen and oxygen atoms in total. The van der Waals surface area contributed by atoms with Gasteiger partial charge in [0.25, 0.3) is 0 Å². The fourth-order valence-electron chi connectivity index (χ4n) is 2.59. The number of hydrogen-bond acceptors (Lipinski definition) is 4. The van der Waals surface area contributed by atoms with Gasteiger partial charge in [-0.2, -0.15) is 0 Å². The van der Waals surface area contributed by atoms with Crippen LogP contribution in [0.5, 0.6) is 0 Å². The van der Waals surface area contributed by atoms with E-state index in [0.717, 1.165) is 37.0 Å². The predicted molar refractivity (Wildman–Crippen MR) is 91.8 cm³/mol. The molecule has 1 fully saturated rings. The third-order valence-corrected chi connectivity index (χ3v) is 7.07. The Labute approximate surface area is 144 Å². The van der Waals surface area contributed by atoms with Crippen LogP contribution in [0.1, 0.15) is 32.1 Å². The van der Waals surface area contributed by atoms with Gasteiger partial charge in [0.05, 0.1) is 15.4 Å². The molecule has 1 aromatic rings. The van der Waals surface area contributed by atoms with Crippen LogP contribution < -0.4 is 10.5 Å². The second-order valence-electron chi connectivity index (χ2n) is 5.09. The molecular weight excluding hydrogens is 371 g/mol. The first-order valence-corrected chi connectivity index (χ1v) is 10.0. The van der Waals surface area contributed by atoms with Gasteiger partial charge in [0, 0.05) is 0 Å².